The number of aliphatic hydroxyl groups excluding tert-OH is 1. The summed E-state index contributed by atoms with van der Waals surface area (Å²) in [7, 11) is 0. The summed E-state index contributed by atoms with van der Waals surface area (Å²) in [5, 5.41) is 17.4. The Kier molecular flexibility index (Phi) is 12.2. The molecule has 0 aliphatic carbocycles. The second kappa shape index (κ2) is 16.4. The lowest BCUT2D eigenvalue weighted by atomic mass is 10.0. The summed E-state index contributed by atoms with van der Waals surface area (Å²) >= 11 is 0. The molecular formula is C34H34O5. The third kappa shape index (κ3) is 10.4. The number of aliphatic carboxylic acids is 1. The highest BCUT2D eigenvalue weighted by Gasteiger charge is 2.09. The van der Waals surface area contributed by atoms with Crippen LogP contribution in [-0.2, 0) is 4.79 Å². The average molecular weight is 523 g/mol. The van der Waals surface area contributed by atoms with E-state index in [9.17, 15) is 9.59 Å². The van der Waals surface area contributed by atoms with Gasteiger partial charge in [0, 0.05) is 23.8 Å². The standard InChI is InChI=1S/C22H24O5.C12H10/c23-15-3-1-2-4-16-27-20-12-10-19(11-13-20)22(26)18-8-5-17(6-9-18)7-14-21(24)25;1-3-7-11(8-4-1)12-9-5-2-6-10-12/h5-14,23H,1-4,15-16H2,(H,24,25);1-10H. The SMILES string of the molecule is O=C(O)C=Cc1ccc(C(=O)c2ccc(OCCCCCCO)cc2)cc1.c1ccc(-c2ccccc2)cc1. The monoisotopic (exact) mass is 522 g/mol. The van der Waals surface area contributed by atoms with Crippen LogP contribution in [0.5, 0.6) is 5.75 Å². The van der Waals surface area contributed by atoms with Crippen LogP contribution in [0, 0.1) is 0 Å². The lowest BCUT2D eigenvalue weighted by Gasteiger charge is -2.07. The van der Waals surface area contributed by atoms with Gasteiger partial charge in [-0.25, -0.2) is 4.79 Å². The summed E-state index contributed by atoms with van der Waals surface area (Å²) < 4.78 is 5.66. The largest absolute Gasteiger partial charge is 0.494 e. The Hall–Kier alpha value is -4.48. The first-order valence-corrected chi connectivity index (χ1v) is 13.1. The molecule has 5 heteroatoms. The van der Waals surface area contributed by atoms with E-state index in [1.807, 2.05) is 12.1 Å². The topological polar surface area (TPSA) is 83.8 Å². The summed E-state index contributed by atoms with van der Waals surface area (Å²) in [4.78, 5) is 23.0. The molecule has 0 spiro atoms. The van der Waals surface area contributed by atoms with E-state index in [0.29, 0.717) is 17.7 Å². The zero-order valence-corrected chi connectivity index (χ0v) is 21.9. The van der Waals surface area contributed by atoms with Crippen LogP contribution in [-0.4, -0.2) is 35.2 Å². The Morgan fingerprint density at radius 2 is 1.15 bits per heavy atom. The minimum atomic E-state index is -1.01. The zero-order chi connectivity index (χ0) is 27.7. The lowest BCUT2D eigenvalue weighted by Crippen LogP contribution is -2.02. The number of hydrogen-bond acceptors (Lipinski definition) is 4. The molecule has 39 heavy (non-hydrogen) atoms. The molecule has 0 atom stereocenters. The normalized spacial score (nSPS) is 10.5. The first-order valence-electron chi connectivity index (χ1n) is 13.1. The lowest BCUT2D eigenvalue weighted by molar-refractivity contribution is -0.131. The maximum absolute atomic E-state index is 12.5. The van der Waals surface area contributed by atoms with Gasteiger partial charge in [0.2, 0.25) is 0 Å². The van der Waals surface area contributed by atoms with Crippen LogP contribution in [0.2, 0.25) is 0 Å². The molecule has 0 radical (unpaired) electrons. The van der Waals surface area contributed by atoms with Gasteiger partial charge in [0.05, 0.1) is 6.61 Å². The minimum Gasteiger partial charge on any atom is -0.494 e. The van der Waals surface area contributed by atoms with Crippen LogP contribution in [0.3, 0.4) is 0 Å². The van der Waals surface area contributed by atoms with Gasteiger partial charge in [-0.05, 0) is 66.3 Å². The molecule has 0 aromatic heterocycles. The number of unbranched alkanes of at least 4 members (excludes halogenated alkanes) is 3. The molecule has 0 saturated carbocycles. The van der Waals surface area contributed by atoms with Crippen molar-refractivity contribution < 1.29 is 24.5 Å². The van der Waals surface area contributed by atoms with Gasteiger partial charge >= 0.3 is 5.97 Å². The van der Waals surface area contributed by atoms with Gasteiger partial charge in [0.1, 0.15) is 5.75 Å². The van der Waals surface area contributed by atoms with E-state index >= 15 is 0 Å². The van der Waals surface area contributed by atoms with Gasteiger partial charge in [-0.3, -0.25) is 4.79 Å². The van der Waals surface area contributed by atoms with Crippen LogP contribution in [0.1, 0.15) is 47.2 Å². The van der Waals surface area contributed by atoms with Crippen molar-refractivity contribution in [2.75, 3.05) is 13.2 Å². The smallest absolute Gasteiger partial charge is 0.328 e. The van der Waals surface area contributed by atoms with E-state index in [0.717, 1.165) is 43.1 Å². The molecule has 0 saturated heterocycles. The molecule has 200 valence electrons. The van der Waals surface area contributed by atoms with E-state index in [-0.39, 0.29) is 12.4 Å². The number of carboxylic acid groups (broad SMARTS) is 1. The van der Waals surface area contributed by atoms with Crippen LogP contribution in [0.25, 0.3) is 17.2 Å². The number of ketones is 1. The fourth-order valence-electron chi connectivity index (χ4n) is 3.80. The number of carbonyl (C=O) groups excluding carboxylic acids is 1. The van der Waals surface area contributed by atoms with Gasteiger partial charge in [-0.2, -0.15) is 0 Å². The third-order valence-corrected chi connectivity index (χ3v) is 5.91. The highest BCUT2D eigenvalue weighted by molar-refractivity contribution is 6.09. The van der Waals surface area contributed by atoms with Gasteiger partial charge < -0.3 is 14.9 Å². The van der Waals surface area contributed by atoms with Crippen molar-refractivity contribution in [3.8, 4) is 16.9 Å². The Bertz CT molecular complexity index is 1260. The molecule has 0 heterocycles. The summed E-state index contributed by atoms with van der Waals surface area (Å²) in [6, 6.07) is 34.6. The predicted molar refractivity (Wildman–Crippen MR) is 156 cm³/mol. The highest BCUT2D eigenvalue weighted by Crippen LogP contribution is 2.18. The second-order valence-corrected chi connectivity index (χ2v) is 8.87. The van der Waals surface area contributed by atoms with Crippen molar-refractivity contribution in [1.29, 1.82) is 0 Å². The van der Waals surface area contributed by atoms with E-state index < -0.39 is 5.97 Å². The van der Waals surface area contributed by atoms with E-state index in [1.54, 1.807) is 48.5 Å². The molecule has 2 N–H and O–H groups in total. The number of aliphatic hydroxyl groups is 1. The van der Waals surface area contributed by atoms with Crippen LogP contribution in [0.15, 0.2) is 115 Å². The molecule has 4 aromatic rings. The zero-order valence-electron chi connectivity index (χ0n) is 21.9. The van der Waals surface area contributed by atoms with Crippen molar-refractivity contribution in [2.45, 2.75) is 25.7 Å². The maximum atomic E-state index is 12.5. The molecule has 5 nitrogen and oxygen atoms in total. The number of benzene rings is 4. The summed E-state index contributed by atoms with van der Waals surface area (Å²) in [6.45, 7) is 0.849. The number of rotatable bonds is 12. The fourth-order valence-corrected chi connectivity index (χ4v) is 3.80. The Morgan fingerprint density at radius 1 is 0.641 bits per heavy atom. The van der Waals surface area contributed by atoms with E-state index in [1.165, 1.54) is 17.2 Å². The molecule has 0 aliphatic heterocycles. The Labute approximate surface area is 230 Å². The van der Waals surface area contributed by atoms with Gasteiger partial charge in [0.25, 0.3) is 0 Å². The summed E-state index contributed by atoms with van der Waals surface area (Å²) in [5.41, 5.74) is 4.38. The first kappa shape index (κ1) is 29.1. The van der Waals surface area contributed by atoms with Crippen LogP contribution < -0.4 is 4.74 Å². The number of carboxylic acids is 1. The van der Waals surface area contributed by atoms with E-state index in [4.69, 9.17) is 14.9 Å². The van der Waals surface area contributed by atoms with E-state index in [2.05, 4.69) is 48.5 Å². The number of hydrogen-bond donors (Lipinski definition) is 2. The quantitative estimate of drug-likeness (QED) is 0.116. The average Bonchev–Trinajstić information content (AvgIpc) is 2.99. The van der Waals surface area contributed by atoms with Crippen molar-refractivity contribution in [1.82, 2.24) is 0 Å². The third-order valence-electron chi connectivity index (χ3n) is 5.91. The molecule has 0 fully saturated rings. The first-order chi connectivity index (χ1) is 19.1. The number of carbonyl (C=O) groups is 2. The number of ether oxygens (including phenoxy) is 1. The molecule has 0 amide bonds. The second-order valence-electron chi connectivity index (χ2n) is 8.87. The Balaban J connectivity index is 0.000000289. The molecular weight excluding hydrogens is 488 g/mol. The van der Waals surface area contributed by atoms with Crippen LogP contribution in [0.4, 0.5) is 0 Å². The van der Waals surface area contributed by atoms with Gasteiger partial charge in [0.15, 0.2) is 5.78 Å². The van der Waals surface area contributed by atoms with Crippen LogP contribution >= 0.6 is 0 Å². The van der Waals surface area contributed by atoms with Crippen molar-refractivity contribution in [3.05, 3.63) is 132 Å². The predicted octanol–water partition coefficient (Wildman–Crippen LogP) is 7.30. The van der Waals surface area contributed by atoms with Gasteiger partial charge in [-0.1, -0.05) is 91.3 Å². The van der Waals surface area contributed by atoms with Crippen molar-refractivity contribution >= 4 is 17.8 Å². The molecule has 4 rings (SSSR count). The summed E-state index contributed by atoms with van der Waals surface area (Å²) in [6.07, 6.45) is 6.32. The maximum Gasteiger partial charge on any atom is 0.328 e. The minimum absolute atomic E-state index is 0.0979. The van der Waals surface area contributed by atoms with Crippen molar-refractivity contribution in [3.63, 3.8) is 0 Å². The fraction of sp³-hybridized carbons (Fsp3) is 0.176. The van der Waals surface area contributed by atoms with Crippen molar-refractivity contribution in [2.24, 2.45) is 0 Å². The highest BCUT2D eigenvalue weighted by atomic mass is 16.5. The Morgan fingerprint density at radius 3 is 1.67 bits per heavy atom. The molecule has 0 bridgehead atoms. The molecule has 4 aromatic carbocycles. The summed E-state index contributed by atoms with van der Waals surface area (Å²) in [5.74, 6) is -0.384. The molecule has 0 aliphatic rings. The van der Waals surface area contributed by atoms with Gasteiger partial charge in [-0.15, -0.1) is 0 Å². The molecule has 0 unspecified atom stereocenters.